The predicted octanol–water partition coefficient (Wildman–Crippen LogP) is 1.49. The Kier molecular flexibility index (Phi) is 7.71. The van der Waals surface area contributed by atoms with Crippen LogP contribution < -0.4 is 10.6 Å². The summed E-state index contributed by atoms with van der Waals surface area (Å²) in [6, 6.07) is 9.52. The van der Waals surface area contributed by atoms with Crippen LogP contribution in [0, 0.1) is 5.92 Å². The fourth-order valence-electron chi connectivity index (χ4n) is 2.82. The molecule has 0 bridgehead atoms. The van der Waals surface area contributed by atoms with Crippen molar-refractivity contribution in [3.8, 4) is 0 Å². The summed E-state index contributed by atoms with van der Waals surface area (Å²) >= 11 is 0. The zero-order valence-electron chi connectivity index (χ0n) is 14.3. The molecule has 0 radical (unpaired) electrons. The molecule has 1 aromatic carbocycles. The van der Waals surface area contributed by atoms with Crippen LogP contribution in [0.3, 0.4) is 0 Å². The quantitative estimate of drug-likeness (QED) is 0.707. The van der Waals surface area contributed by atoms with Crippen molar-refractivity contribution in [2.45, 2.75) is 19.3 Å². The van der Waals surface area contributed by atoms with Crippen LogP contribution in [0.15, 0.2) is 30.3 Å². The highest BCUT2D eigenvalue weighted by Gasteiger charge is 2.25. The number of likely N-dealkylation sites (tertiary alicyclic amines) is 1. The third kappa shape index (κ3) is 6.29. The van der Waals surface area contributed by atoms with Gasteiger partial charge in [0, 0.05) is 31.9 Å². The van der Waals surface area contributed by atoms with Gasteiger partial charge in [-0.05, 0) is 44.5 Å². The SMILES string of the molecule is COCCCNC(=O)CN1CCC(C(=O)Nc2ccccc2)CC1. The average molecular weight is 333 g/mol. The topological polar surface area (TPSA) is 70.7 Å². The highest BCUT2D eigenvalue weighted by Crippen LogP contribution is 2.19. The first-order valence-electron chi connectivity index (χ1n) is 8.53. The van der Waals surface area contributed by atoms with E-state index < -0.39 is 0 Å². The number of hydrogen-bond donors (Lipinski definition) is 2. The second-order valence-electron chi connectivity index (χ2n) is 6.10. The van der Waals surface area contributed by atoms with Crippen LogP contribution in [0.4, 0.5) is 5.69 Å². The summed E-state index contributed by atoms with van der Waals surface area (Å²) in [6.45, 7) is 3.25. The van der Waals surface area contributed by atoms with E-state index in [9.17, 15) is 9.59 Å². The molecule has 2 amide bonds. The number of rotatable bonds is 8. The first kappa shape index (κ1) is 18.4. The fourth-order valence-corrected chi connectivity index (χ4v) is 2.82. The Balaban J connectivity index is 1.65. The number of piperidine rings is 1. The van der Waals surface area contributed by atoms with Crippen LogP contribution in [-0.4, -0.2) is 56.6 Å². The minimum atomic E-state index is 0.0196. The number of benzene rings is 1. The lowest BCUT2D eigenvalue weighted by Crippen LogP contribution is -2.43. The van der Waals surface area contributed by atoms with E-state index in [1.807, 2.05) is 30.3 Å². The van der Waals surface area contributed by atoms with Gasteiger partial charge in [0.1, 0.15) is 0 Å². The summed E-state index contributed by atoms with van der Waals surface area (Å²) in [5, 5.41) is 5.85. The number of nitrogens with zero attached hydrogens (tertiary/aromatic N) is 1. The van der Waals surface area contributed by atoms with Crippen molar-refractivity contribution in [1.82, 2.24) is 10.2 Å². The molecule has 6 heteroatoms. The van der Waals surface area contributed by atoms with E-state index in [1.54, 1.807) is 7.11 Å². The highest BCUT2D eigenvalue weighted by atomic mass is 16.5. The highest BCUT2D eigenvalue weighted by molar-refractivity contribution is 5.92. The predicted molar refractivity (Wildman–Crippen MR) is 93.7 cm³/mol. The number of nitrogens with one attached hydrogen (secondary N) is 2. The molecule has 2 rings (SSSR count). The van der Waals surface area contributed by atoms with Gasteiger partial charge in [-0.1, -0.05) is 18.2 Å². The van der Waals surface area contributed by atoms with Crippen molar-refractivity contribution in [2.24, 2.45) is 5.92 Å². The molecule has 0 atom stereocenters. The van der Waals surface area contributed by atoms with Crippen molar-refractivity contribution in [3.63, 3.8) is 0 Å². The number of para-hydroxylation sites is 1. The molecular weight excluding hydrogens is 306 g/mol. The molecule has 1 aromatic rings. The van der Waals surface area contributed by atoms with Gasteiger partial charge in [0.05, 0.1) is 6.54 Å². The molecule has 1 aliphatic heterocycles. The molecule has 2 N–H and O–H groups in total. The van der Waals surface area contributed by atoms with E-state index in [0.29, 0.717) is 19.7 Å². The van der Waals surface area contributed by atoms with Gasteiger partial charge in [0.15, 0.2) is 0 Å². The molecule has 1 aliphatic rings. The van der Waals surface area contributed by atoms with E-state index in [4.69, 9.17) is 4.74 Å². The molecule has 0 spiro atoms. The van der Waals surface area contributed by atoms with Crippen LogP contribution in [0.25, 0.3) is 0 Å². The van der Waals surface area contributed by atoms with E-state index >= 15 is 0 Å². The monoisotopic (exact) mass is 333 g/mol. The molecular formula is C18H27N3O3. The maximum atomic E-state index is 12.3. The molecule has 132 valence electrons. The molecule has 0 aromatic heterocycles. The van der Waals surface area contributed by atoms with Gasteiger partial charge < -0.3 is 15.4 Å². The van der Waals surface area contributed by atoms with Gasteiger partial charge in [0.2, 0.25) is 11.8 Å². The Morgan fingerprint density at radius 2 is 1.92 bits per heavy atom. The Morgan fingerprint density at radius 3 is 2.58 bits per heavy atom. The van der Waals surface area contributed by atoms with Gasteiger partial charge in [-0.2, -0.15) is 0 Å². The maximum Gasteiger partial charge on any atom is 0.234 e. The largest absolute Gasteiger partial charge is 0.385 e. The van der Waals surface area contributed by atoms with Crippen molar-refractivity contribution in [1.29, 1.82) is 0 Å². The molecule has 1 fully saturated rings. The number of anilines is 1. The maximum absolute atomic E-state index is 12.3. The van der Waals surface area contributed by atoms with Gasteiger partial charge in [0.25, 0.3) is 0 Å². The molecule has 0 unspecified atom stereocenters. The lowest BCUT2D eigenvalue weighted by Gasteiger charge is -2.30. The zero-order valence-corrected chi connectivity index (χ0v) is 14.3. The zero-order chi connectivity index (χ0) is 17.2. The summed E-state index contributed by atoms with van der Waals surface area (Å²) < 4.78 is 4.95. The summed E-state index contributed by atoms with van der Waals surface area (Å²) in [7, 11) is 1.65. The molecule has 1 saturated heterocycles. The Bertz CT molecular complexity index is 514. The van der Waals surface area contributed by atoms with Crippen molar-refractivity contribution in [2.75, 3.05) is 45.2 Å². The van der Waals surface area contributed by atoms with Gasteiger partial charge in [-0.15, -0.1) is 0 Å². The minimum absolute atomic E-state index is 0.0196. The second kappa shape index (κ2) is 10.1. The normalized spacial score (nSPS) is 15.9. The number of carbonyl (C=O) groups is 2. The number of hydrogen-bond acceptors (Lipinski definition) is 4. The molecule has 0 aliphatic carbocycles. The van der Waals surface area contributed by atoms with E-state index in [-0.39, 0.29) is 17.7 Å². The van der Waals surface area contributed by atoms with Crippen LogP contribution in [0.5, 0.6) is 0 Å². The number of carbonyl (C=O) groups excluding carboxylic acids is 2. The van der Waals surface area contributed by atoms with E-state index in [0.717, 1.165) is 38.0 Å². The Labute approximate surface area is 143 Å². The van der Waals surface area contributed by atoms with Gasteiger partial charge in [-0.25, -0.2) is 0 Å². The summed E-state index contributed by atoms with van der Waals surface area (Å²) in [5.41, 5.74) is 0.834. The average Bonchev–Trinajstić information content (AvgIpc) is 2.60. The third-order valence-corrected chi connectivity index (χ3v) is 4.21. The van der Waals surface area contributed by atoms with Crippen LogP contribution in [-0.2, 0) is 14.3 Å². The smallest absolute Gasteiger partial charge is 0.234 e. The lowest BCUT2D eigenvalue weighted by atomic mass is 9.96. The standard InChI is InChI=1S/C18H27N3O3/c1-24-13-5-10-19-17(22)14-21-11-8-15(9-12-21)18(23)20-16-6-3-2-4-7-16/h2-4,6-7,15H,5,8-14H2,1H3,(H,19,22)(H,20,23). The number of ether oxygens (including phenoxy) is 1. The molecule has 24 heavy (non-hydrogen) atoms. The van der Waals surface area contributed by atoms with Crippen molar-refractivity contribution in [3.05, 3.63) is 30.3 Å². The fraction of sp³-hybridized carbons (Fsp3) is 0.556. The van der Waals surface area contributed by atoms with Crippen LogP contribution in [0.1, 0.15) is 19.3 Å². The molecule has 0 saturated carbocycles. The minimum Gasteiger partial charge on any atom is -0.385 e. The number of amides is 2. The van der Waals surface area contributed by atoms with Gasteiger partial charge in [-0.3, -0.25) is 14.5 Å². The Morgan fingerprint density at radius 1 is 1.21 bits per heavy atom. The third-order valence-electron chi connectivity index (χ3n) is 4.21. The van der Waals surface area contributed by atoms with E-state index in [1.165, 1.54) is 0 Å². The van der Waals surface area contributed by atoms with E-state index in [2.05, 4.69) is 15.5 Å². The van der Waals surface area contributed by atoms with Crippen molar-refractivity contribution >= 4 is 17.5 Å². The van der Waals surface area contributed by atoms with Gasteiger partial charge >= 0.3 is 0 Å². The second-order valence-corrected chi connectivity index (χ2v) is 6.10. The van der Waals surface area contributed by atoms with Crippen LogP contribution >= 0.6 is 0 Å². The van der Waals surface area contributed by atoms with Crippen LogP contribution in [0.2, 0.25) is 0 Å². The lowest BCUT2D eigenvalue weighted by molar-refractivity contribution is -0.123. The Hall–Kier alpha value is -1.92. The summed E-state index contributed by atoms with van der Waals surface area (Å²) in [5.74, 6) is 0.134. The first-order valence-corrected chi connectivity index (χ1v) is 8.53. The summed E-state index contributed by atoms with van der Waals surface area (Å²) in [4.78, 5) is 26.2. The summed E-state index contributed by atoms with van der Waals surface area (Å²) in [6.07, 6.45) is 2.40. The van der Waals surface area contributed by atoms with Crippen molar-refractivity contribution < 1.29 is 14.3 Å². The first-order chi connectivity index (χ1) is 11.7. The molecule has 6 nitrogen and oxygen atoms in total. The molecule has 1 heterocycles. The number of methoxy groups -OCH3 is 1.